The van der Waals surface area contributed by atoms with Crippen molar-refractivity contribution in [1.82, 2.24) is 9.97 Å². The van der Waals surface area contributed by atoms with Gasteiger partial charge in [0.2, 0.25) is 0 Å². The van der Waals surface area contributed by atoms with Crippen molar-refractivity contribution in [2.45, 2.75) is 33.6 Å². The van der Waals surface area contributed by atoms with Gasteiger partial charge in [0, 0.05) is 12.1 Å². The molecular formula is C11H15N3O. The Morgan fingerprint density at radius 3 is 2.67 bits per heavy atom. The SMILES string of the molecule is Cc1nc2c(c(=O)[nH]1)N=CC2C(C)(C)C. The Kier molecular flexibility index (Phi) is 2.03. The third-order valence-corrected chi connectivity index (χ3v) is 2.62. The number of H-pyrrole nitrogens is 1. The van der Waals surface area contributed by atoms with Gasteiger partial charge in [0.15, 0.2) is 0 Å². The van der Waals surface area contributed by atoms with Crippen molar-refractivity contribution in [2.75, 3.05) is 0 Å². The van der Waals surface area contributed by atoms with Gasteiger partial charge in [0.1, 0.15) is 11.5 Å². The summed E-state index contributed by atoms with van der Waals surface area (Å²) >= 11 is 0. The molecule has 0 spiro atoms. The first-order valence-electron chi connectivity index (χ1n) is 5.04. The van der Waals surface area contributed by atoms with Gasteiger partial charge < -0.3 is 4.98 Å². The van der Waals surface area contributed by atoms with Crippen LogP contribution < -0.4 is 5.56 Å². The summed E-state index contributed by atoms with van der Waals surface area (Å²) in [5.74, 6) is 0.784. The van der Waals surface area contributed by atoms with Crippen LogP contribution in [0.25, 0.3) is 0 Å². The lowest BCUT2D eigenvalue weighted by atomic mass is 9.80. The maximum absolute atomic E-state index is 11.6. The van der Waals surface area contributed by atoms with E-state index in [0.29, 0.717) is 11.5 Å². The van der Waals surface area contributed by atoms with E-state index in [1.165, 1.54) is 0 Å². The van der Waals surface area contributed by atoms with Gasteiger partial charge in [-0.25, -0.2) is 4.98 Å². The Morgan fingerprint density at radius 1 is 1.40 bits per heavy atom. The number of aryl methyl sites for hydroxylation is 1. The molecule has 80 valence electrons. The molecule has 1 aliphatic heterocycles. The Labute approximate surface area is 88.5 Å². The second kappa shape index (κ2) is 3.02. The summed E-state index contributed by atoms with van der Waals surface area (Å²) < 4.78 is 0. The predicted octanol–water partition coefficient (Wildman–Crippen LogP) is 1.92. The molecule has 0 aromatic carbocycles. The number of aliphatic imine (C=N–C) groups is 1. The smallest absolute Gasteiger partial charge is 0.277 e. The molecule has 0 amide bonds. The monoisotopic (exact) mass is 205 g/mol. The summed E-state index contributed by atoms with van der Waals surface area (Å²) in [7, 11) is 0. The molecule has 0 saturated carbocycles. The largest absolute Gasteiger partial charge is 0.309 e. The van der Waals surface area contributed by atoms with Crippen LogP contribution in [-0.4, -0.2) is 16.2 Å². The Hall–Kier alpha value is -1.45. The molecule has 1 aromatic heterocycles. The number of aromatic amines is 1. The number of nitrogens with one attached hydrogen (secondary N) is 1. The molecule has 2 rings (SSSR count). The Bertz CT molecular complexity index is 480. The number of rotatable bonds is 0. The zero-order valence-corrected chi connectivity index (χ0v) is 9.46. The number of fused-ring (bicyclic) bond motifs is 1. The fraction of sp³-hybridized carbons (Fsp3) is 0.545. The Morgan fingerprint density at radius 2 is 2.07 bits per heavy atom. The van der Waals surface area contributed by atoms with Crippen LogP contribution in [0.15, 0.2) is 9.79 Å². The maximum atomic E-state index is 11.6. The van der Waals surface area contributed by atoms with Crippen LogP contribution in [0.4, 0.5) is 5.69 Å². The first kappa shape index (κ1) is 10.1. The Balaban J connectivity index is 2.61. The van der Waals surface area contributed by atoms with Gasteiger partial charge in [0.25, 0.3) is 5.56 Å². The van der Waals surface area contributed by atoms with E-state index in [0.717, 1.165) is 5.69 Å². The van der Waals surface area contributed by atoms with Gasteiger partial charge in [-0.1, -0.05) is 20.8 Å². The minimum atomic E-state index is -0.138. The summed E-state index contributed by atoms with van der Waals surface area (Å²) in [5.41, 5.74) is 1.19. The highest BCUT2D eigenvalue weighted by atomic mass is 16.1. The molecule has 0 radical (unpaired) electrons. The number of hydrogen-bond donors (Lipinski definition) is 1. The topological polar surface area (TPSA) is 58.1 Å². The van der Waals surface area contributed by atoms with Crippen LogP contribution in [0.2, 0.25) is 0 Å². The van der Waals surface area contributed by atoms with Crippen LogP contribution >= 0.6 is 0 Å². The fourth-order valence-corrected chi connectivity index (χ4v) is 1.80. The van der Waals surface area contributed by atoms with Gasteiger partial charge in [-0.15, -0.1) is 0 Å². The molecule has 0 saturated heterocycles. The zero-order valence-electron chi connectivity index (χ0n) is 9.46. The molecule has 4 heteroatoms. The lowest BCUT2D eigenvalue weighted by Gasteiger charge is -2.24. The van der Waals surface area contributed by atoms with Crippen LogP contribution in [-0.2, 0) is 0 Å². The van der Waals surface area contributed by atoms with E-state index in [2.05, 4.69) is 35.7 Å². The quantitative estimate of drug-likeness (QED) is 0.703. The molecule has 2 heterocycles. The van der Waals surface area contributed by atoms with Gasteiger partial charge in [-0.2, -0.15) is 0 Å². The number of aromatic nitrogens is 2. The molecule has 1 aromatic rings. The third-order valence-electron chi connectivity index (χ3n) is 2.62. The van der Waals surface area contributed by atoms with Gasteiger partial charge in [0.05, 0.1) is 5.69 Å². The summed E-state index contributed by atoms with van der Waals surface area (Å²) in [6, 6.07) is 0. The van der Waals surface area contributed by atoms with Crippen LogP contribution in [0, 0.1) is 12.3 Å². The third kappa shape index (κ3) is 1.60. The van der Waals surface area contributed by atoms with Crippen molar-refractivity contribution in [3.8, 4) is 0 Å². The van der Waals surface area contributed by atoms with E-state index < -0.39 is 0 Å². The maximum Gasteiger partial charge on any atom is 0.277 e. The molecule has 15 heavy (non-hydrogen) atoms. The van der Waals surface area contributed by atoms with Gasteiger partial charge >= 0.3 is 0 Å². The standard InChI is InChI=1S/C11H15N3O/c1-6-13-8-7(11(2,3)4)5-12-9(8)10(15)14-6/h5,7H,1-4H3,(H,13,14,15). The average molecular weight is 205 g/mol. The fourth-order valence-electron chi connectivity index (χ4n) is 1.80. The molecule has 1 unspecified atom stereocenters. The lowest BCUT2D eigenvalue weighted by Crippen LogP contribution is -2.21. The molecule has 4 nitrogen and oxygen atoms in total. The van der Waals surface area contributed by atoms with E-state index in [1.807, 2.05) is 6.21 Å². The van der Waals surface area contributed by atoms with Crippen molar-refractivity contribution in [2.24, 2.45) is 10.4 Å². The van der Waals surface area contributed by atoms with Crippen molar-refractivity contribution in [3.63, 3.8) is 0 Å². The predicted molar refractivity (Wildman–Crippen MR) is 59.9 cm³/mol. The van der Waals surface area contributed by atoms with Crippen LogP contribution in [0.1, 0.15) is 38.2 Å². The van der Waals surface area contributed by atoms with E-state index in [-0.39, 0.29) is 16.9 Å². The molecule has 1 atom stereocenters. The van der Waals surface area contributed by atoms with Crippen molar-refractivity contribution >= 4 is 11.9 Å². The summed E-state index contributed by atoms with van der Waals surface area (Å²) in [6.07, 6.45) is 1.83. The lowest BCUT2D eigenvalue weighted by molar-refractivity contribution is 0.385. The molecule has 0 fully saturated rings. The first-order valence-corrected chi connectivity index (χ1v) is 5.04. The minimum absolute atomic E-state index is 0.0436. The summed E-state index contributed by atoms with van der Waals surface area (Å²) in [5, 5.41) is 0. The second-order valence-electron chi connectivity index (χ2n) is 5.01. The highest BCUT2D eigenvalue weighted by Crippen LogP contribution is 2.39. The highest BCUT2D eigenvalue weighted by Gasteiger charge is 2.32. The van der Waals surface area contributed by atoms with E-state index in [4.69, 9.17) is 0 Å². The minimum Gasteiger partial charge on any atom is -0.309 e. The van der Waals surface area contributed by atoms with Crippen LogP contribution in [0.5, 0.6) is 0 Å². The summed E-state index contributed by atoms with van der Waals surface area (Å²) in [4.78, 5) is 22.8. The van der Waals surface area contributed by atoms with Gasteiger partial charge in [-0.05, 0) is 12.3 Å². The highest BCUT2D eigenvalue weighted by molar-refractivity contribution is 5.79. The molecule has 0 aliphatic carbocycles. The van der Waals surface area contributed by atoms with Crippen molar-refractivity contribution in [1.29, 1.82) is 0 Å². The first-order chi connectivity index (χ1) is 6.89. The van der Waals surface area contributed by atoms with Crippen molar-refractivity contribution < 1.29 is 0 Å². The number of hydrogen-bond acceptors (Lipinski definition) is 3. The average Bonchev–Trinajstić information content (AvgIpc) is 2.45. The van der Waals surface area contributed by atoms with E-state index in [9.17, 15) is 4.79 Å². The molecular weight excluding hydrogens is 190 g/mol. The van der Waals surface area contributed by atoms with Crippen molar-refractivity contribution in [3.05, 3.63) is 21.9 Å². The van der Waals surface area contributed by atoms with Crippen LogP contribution in [0.3, 0.4) is 0 Å². The summed E-state index contributed by atoms with van der Waals surface area (Å²) in [6.45, 7) is 8.16. The zero-order chi connectivity index (χ0) is 11.2. The van der Waals surface area contributed by atoms with Gasteiger partial charge in [-0.3, -0.25) is 9.79 Å². The van der Waals surface area contributed by atoms with E-state index in [1.54, 1.807) is 6.92 Å². The molecule has 0 bridgehead atoms. The number of nitrogens with zero attached hydrogens (tertiary/aromatic N) is 2. The molecule has 1 aliphatic rings. The normalized spacial score (nSPS) is 19.3. The molecule has 1 N–H and O–H groups in total. The van der Waals surface area contributed by atoms with E-state index >= 15 is 0 Å². The second-order valence-corrected chi connectivity index (χ2v) is 5.01.